The van der Waals surface area contributed by atoms with Crippen LogP contribution in [-0.2, 0) is 6.18 Å². The molecular formula is C27H30ClF3N4O. The van der Waals surface area contributed by atoms with Crippen LogP contribution in [0.15, 0.2) is 42.5 Å². The molecule has 0 bridgehead atoms. The second kappa shape index (κ2) is 11.5. The number of anilines is 1. The maximum atomic E-state index is 13.3. The van der Waals surface area contributed by atoms with Crippen LogP contribution in [0.5, 0.6) is 0 Å². The summed E-state index contributed by atoms with van der Waals surface area (Å²) in [7, 11) is 0. The Hall–Kier alpha value is -2.76. The number of halogens is 4. The number of rotatable bonds is 6. The number of nitriles is 1. The molecule has 0 aromatic heterocycles. The lowest BCUT2D eigenvalue weighted by Crippen LogP contribution is -2.47. The molecule has 1 saturated carbocycles. The van der Waals surface area contributed by atoms with Crippen molar-refractivity contribution >= 4 is 23.3 Å². The number of hydrogen-bond donors (Lipinski definition) is 1. The van der Waals surface area contributed by atoms with Crippen LogP contribution in [0.25, 0.3) is 0 Å². The van der Waals surface area contributed by atoms with Crippen LogP contribution >= 0.6 is 11.6 Å². The topological polar surface area (TPSA) is 59.4 Å². The fraction of sp³-hybridized carbons (Fsp3) is 0.481. The third-order valence-electron chi connectivity index (χ3n) is 7.26. The van der Waals surface area contributed by atoms with Crippen LogP contribution in [0.4, 0.5) is 23.7 Å². The van der Waals surface area contributed by atoms with Crippen molar-refractivity contribution in [3.05, 3.63) is 64.2 Å². The second-order valence-corrected chi connectivity index (χ2v) is 10.0. The summed E-state index contributed by atoms with van der Waals surface area (Å²) in [4.78, 5) is 17.5. The molecule has 1 N–H and O–H groups in total. The van der Waals surface area contributed by atoms with Gasteiger partial charge in [0.05, 0.1) is 22.2 Å². The summed E-state index contributed by atoms with van der Waals surface area (Å²) < 4.78 is 39.9. The number of carbonyl (C=O) groups excluding carboxylic acids is 1. The normalized spacial score (nSPS) is 20.6. The van der Waals surface area contributed by atoms with Gasteiger partial charge in [0.2, 0.25) is 0 Å². The van der Waals surface area contributed by atoms with E-state index in [1.54, 1.807) is 11.0 Å². The Kier molecular flexibility index (Phi) is 8.43. The van der Waals surface area contributed by atoms with Gasteiger partial charge >= 0.3 is 12.2 Å². The third kappa shape index (κ3) is 6.51. The fourth-order valence-electron chi connectivity index (χ4n) is 5.30. The number of nitrogens with one attached hydrogen (secondary N) is 1. The first-order valence-corrected chi connectivity index (χ1v) is 12.8. The SMILES string of the molecule is N#Cc1cccc([C@H]2CC[C@H](N(CCN3CCCC3)C(=O)Nc3ccc(Cl)c(C(F)(F)F)c3)CC2)c1. The van der Waals surface area contributed by atoms with Crippen LogP contribution in [0.1, 0.15) is 61.1 Å². The lowest BCUT2D eigenvalue weighted by atomic mass is 9.81. The van der Waals surface area contributed by atoms with Crippen molar-refractivity contribution in [2.45, 2.75) is 56.7 Å². The van der Waals surface area contributed by atoms with Crippen molar-refractivity contribution in [1.82, 2.24) is 9.80 Å². The van der Waals surface area contributed by atoms with E-state index in [4.69, 9.17) is 11.6 Å². The molecule has 0 atom stereocenters. The number of carbonyl (C=O) groups is 1. The molecule has 9 heteroatoms. The second-order valence-electron chi connectivity index (χ2n) is 9.61. The van der Waals surface area contributed by atoms with Gasteiger partial charge in [0.15, 0.2) is 0 Å². The number of alkyl halides is 3. The molecule has 0 spiro atoms. The summed E-state index contributed by atoms with van der Waals surface area (Å²) in [6.07, 6.45) is 1.04. The van der Waals surface area contributed by atoms with E-state index in [2.05, 4.69) is 16.3 Å². The lowest BCUT2D eigenvalue weighted by Gasteiger charge is -2.38. The minimum Gasteiger partial charge on any atom is -0.320 e. The van der Waals surface area contributed by atoms with Gasteiger partial charge < -0.3 is 15.1 Å². The minimum absolute atomic E-state index is 0.00242. The number of amides is 2. The van der Waals surface area contributed by atoms with Crippen molar-refractivity contribution in [2.24, 2.45) is 0 Å². The summed E-state index contributed by atoms with van der Waals surface area (Å²) in [5, 5.41) is 11.5. The molecule has 4 rings (SSSR count). The molecule has 0 unspecified atom stereocenters. The van der Waals surface area contributed by atoms with Crippen molar-refractivity contribution in [3.8, 4) is 6.07 Å². The van der Waals surface area contributed by atoms with Crippen molar-refractivity contribution < 1.29 is 18.0 Å². The smallest absolute Gasteiger partial charge is 0.320 e. The Bertz CT molecular complexity index is 1100. The molecule has 2 amide bonds. The Morgan fingerprint density at radius 2 is 1.83 bits per heavy atom. The van der Waals surface area contributed by atoms with Crippen LogP contribution < -0.4 is 5.32 Å². The molecule has 2 aliphatic rings. The molecule has 1 saturated heterocycles. The number of hydrogen-bond acceptors (Lipinski definition) is 3. The molecule has 2 fully saturated rings. The van der Waals surface area contributed by atoms with Gasteiger partial charge in [0.1, 0.15) is 0 Å². The van der Waals surface area contributed by atoms with E-state index in [1.165, 1.54) is 6.07 Å². The molecule has 36 heavy (non-hydrogen) atoms. The summed E-state index contributed by atoms with van der Waals surface area (Å²) >= 11 is 5.74. The number of likely N-dealkylation sites (tertiary alicyclic amines) is 1. The number of nitrogens with zero attached hydrogens (tertiary/aromatic N) is 3. The summed E-state index contributed by atoms with van der Waals surface area (Å²) in [6.45, 7) is 3.27. The van der Waals surface area contributed by atoms with E-state index in [0.29, 0.717) is 18.0 Å². The van der Waals surface area contributed by atoms with E-state index in [9.17, 15) is 23.2 Å². The highest BCUT2D eigenvalue weighted by Gasteiger charge is 2.34. The van der Waals surface area contributed by atoms with Crippen molar-refractivity contribution in [3.63, 3.8) is 0 Å². The van der Waals surface area contributed by atoms with Crippen molar-refractivity contribution in [1.29, 1.82) is 5.26 Å². The largest absolute Gasteiger partial charge is 0.417 e. The average molecular weight is 519 g/mol. The van der Waals surface area contributed by atoms with Gasteiger partial charge in [-0.1, -0.05) is 23.7 Å². The maximum Gasteiger partial charge on any atom is 0.417 e. The van der Waals surface area contributed by atoms with Gasteiger partial charge in [-0.2, -0.15) is 18.4 Å². The van der Waals surface area contributed by atoms with E-state index in [-0.39, 0.29) is 17.8 Å². The zero-order valence-electron chi connectivity index (χ0n) is 20.0. The summed E-state index contributed by atoms with van der Waals surface area (Å²) in [5.41, 5.74) is 0.888. The first kappa shape index (κ1) is 26.3. The molecular weight excluding hydrogens is 489 g/mol. The summed E-state index contributed by atoms with van der Waals surface area (Å²) in [6, 6.07) is 12.9. The third-order valence-corrected chi connectivity index (χ3v) is 7.59. The molecule has 1 aliphatic carbocycles. The molecule has 2 aromatic rings. The maximum absolute atomic E-state index is 13.3. The molecule has 1 aliphatic heterocycles. The first-order valence-electron chi connectivity index (χ1n) is 12.4. The van der Waals surface area contributed by atoms with E-state index in [1.807, 2.05) is 18.2 Å². The Morgan fingerprint density at radius 1 is 1.11 bits per heavy atom. The molecule has 5 nitrogen and oxygen atoms in total. The monoisotopic (exact) mass is 518 g/mol. The van der Waals surface area contributed by atoms with Gasteiger partial charge in [0.25, 0.3) is 0 Å². The standard InChI is InChI=1S/C27H30ClF3N4O/c28-25-11-8-22(17-24(25)27(29,30)31)33-26(36)35(15-14-34-12-1-2-13-34)23-9-6-20(7-10-23)21-5-3-4-19(16-21)18-32/h3-5,8,11,16-17,20,23H,1-2,6-7,9-10,12-15H2,(H,33,36)/t20-,23-. The highest BCUT2D eigenvalue weighted by Crippen LogP contribution is 2.37. The fourth-order valence-corrected chi connectivity index (χ4v) is 5.53. The average Bonchev–Trinajstić information content (AvgIpc) is 3.39. The van der Waals surface area contributed by atoms with Crippen LogP contribution in [-0.4, -0.2) is 48.1 Å². The van der Waals surface area contributed by atoms with E-state index in [0.717, 1.165) is 75.9 Å². The first-order chi connectivity index (χ1) is 17.2. The predicted octanol–water partition coefficient (Wildman–Crippen LogP) is 6.89. The molecule has 192 valence electrons. The summed E-state index contributed by atoms with van der Waals surface area (Å²) in [5.74, 6) is 0.323. The van der Waals surface area contributed by atoms with E-state index >= 15 is 0 Å². The molecule has 2 aromatic carbocycles. The highest BCUT2D eigenvalue weighted by atomic mass is 35.5. The zero-order valence-corrected chi connectivity index (χ0v) is 20.8. The van der Waals surface area contributed by atoms with Gasteiger partial charge in [-0.3, -0.25) is 0 Å². The van der Waals surface area contributed by atoms with E-state index < -0.39 is 16.8 Å². The minimum atomic E-state index is -4.60. The Balaban J connectivity index is 1.46. The zero-order chi connectivity index (χ0) is 25.7. The van der Waals surface area contributed by atoms with Crippen LogP contribution in [0.3, 0.4) is 0 Å². The highest BCUT2D eigenvalue weighted by molar-refractivity contribution is 6.31. The predicted molar refractivity (Wildman–Crippen MR) is 134 cm³/mol. The van der Waals surface area contributed by atoms with Gasteiger partial charge in [-0.05, 0) is 93.4 Å². The Labute approximate surface area is 214 Å². The van der Waals surface area contributed by atoms with Crippen LogP contribution in [0, 0.1) is 11.3 Å². The molecule has 1 heterocycles. The lowest BCUT2D eigenvalue weighted by molar-refractivity contribution is -0.137. The number of urea groups is 1. The van der Waals surface area contributed by atoms with Crippen molar-refractivity contribution in [2.75, 3.05) is 31.5 Å². The number of benzene rings is 2. The Morgan fingerprint density at radius 3 is 2.50 bits per heavy atom. The van der Waals surface area contributed by atoms with Gasteiger partial charge in [-0.25, -0.2) is 4.79 Å². The molecule has 0 radical (unpaired) electrons. The quantitative estimate of drug-likeness (QED) is 0.453. The van der Waals surface area contributed by atoms with Gasteiger partial charge in [-0.15, -0.1) is 0 Å². The van der Waals surface area contributed by atoms with Gasteiger partial charge in [0, 0.05) is 24.8 Å². The van der Waals surface area contributed by atoms with Crippen LogP contribution in [0.2, 0.25) is 5.02 Å².